The largest absolute Gasteiger partial charge is 0.380 e. The molecular formula is C22H31N3O3. The quantitative estimate of drug-likeness (QED) is 0.743. The van der Waals surface area contributed by atoms with Crippen molar-refractivity contribution < 1.29 is 14.3 Å². The molecule has 0 spiro atoms. The van der Waals surface area contributed by atoms with Crippen LogP contribution in [0.4, 0.5) is 0 Å². The van der Waals surface area contributed by atoms with Gasteiger partial charge in [-0.25, -0.2) is 0 Å². The minimum absolute atomic E-state index is 0.215. The summed E-state index contributed by atoms with van der Waals surface area (Å²) in [4.78, 5) is 31.4. The highest BCUT2D eigenvalue weighted by molar-refractivity contribution is 5.79. The van der Waals surface area contributed by atoms with Crippen molar-refractivity contribution in [1.82, 2.24) is 14.7 Å². The third-order valence-electron chi connectivity index (χ3n) is 6.46. The van der Waals surface area contributed by atoms with E-state index in [0.717, 1.165) is 63.2 Å². The molecule has 3 aliphatic rings. The molecule has 0 aromatic heterocycles. The van der Waals surface area contributed by atoms with E-state index >= 15 is 0 Å². The van der Waals surface area contributed by atoms with Crippen LogP contribution >= 0.6 is 0 Å². The summed E-state index contributed by atoms with van der Waals surface area (Å²) in [5.41, 5.74) is 2.15. The summed E-state index contributed by atoms with van der Waals surface area (Å²) in [5, 5.41) is 0. The van der Waals surface area contributed by atoms with Crippen LogP contribution in [0.1, 0.15) is 24.0 Å². The Labute approximate surface area is 167 Å². The molecule has 3 aliphatic heterocycles. The van der Waals surface area contributed by atoms with Gasteiger partial charge in [0.25, 0.3) is 0 Å². The Morgan fingerprint density at radius 2 is 1.79 bits per heavy atom. The maximum absolute atomic E-state index is 12.8. The van der Waals surface area contributed by atoms with Gasteiger partial charge in [-0.2, -0.15) is 0 Å². The van der Waals surface area contributed by atoms with Gasteiger partial charge in [0.1, 0.15) is 0 Å². The van der Waals surface area contributed by atoms with Gasteiger partial charge in [0.2, 0.25) is 11.8 Å². The van der Waals surface area contributed by atoms with Gasteiger partial charge < -0.3 is 14.5 Å². The molecule has 28 heavy (non-hydrogen) atoms. The van der Waals surface area contributed by atoms with E-state index in [0.29, 0.717) is 31.4 Å². The summed E-state index contributed by atoms with van der Waals surface area (Å²) in [6, 6.07) is 8.10. The molecule has 152 valence electrons. The molecule has 3 saturated heterocycles. The van der Waals surface area contributed by atoms with Crippen LogP contribution in [-0.4, -0.2) is 79.4 Å². The second kappa shape index (κ2) is 8.62. The molecule has 2 atom stereocenters. The van der Waals surface area contributed by atoms with Crippen molar-refractivity contribution in [2.24, 2.45) is 11.8 Å². The lowest BCUT2D eigenvalue weighted by molar-refractivity contribution is -0.136. The monoisotopic (exact) mass is 385 g/mol. The summed E-state index contributed by atoms with van der Waals surface area (Å²) < 4.78 is 5.19. The predicted molar refractivity (Wildman–Crippen MR) is 107 cm³/mol. The van der Waals surface area contributed by atoms with E-state index in [4.69, 9.17) is 4.74 Å². The van der Waals surface area contributed by atoms with Gasteiger partial charge in [0.05, 0.1) is 19.6 Å². The van der Waals surface area contributed by atoms with Crippen LogP contribution in [0, 0.1) is 11.8 Å². The molecular weight excluding hydrogens is 354 g/mol. The van der Waals surface area contributed by atoms with Gasteiger partial charge in [-0.3, -0.25) is 14.5 Å². The third kappa shape index (κ3) is 4.39. The maximum Gasteiger partial charge on any atom is 0.236 e. The fraction of sp³-hybridized carbons (Fsp3) is 0.636. The minimum Gasteiger partial charge on any atom is -0.380 e. The van der Waals surface area contributed by atoms with Crippen molar-refractivity contribution in [3.63, 3.8) is 0 Å². The smallest absolute Gasteiger partial charge is 0.236 e. The lowest BCUT2D eigenvalue weighted by Gasteiger charge is -2.37. The number of rotatable bonds is 6. The van der Waals surface area contributed by atoms with Crippen LogP contribution in [0.25, 0.3) is 0 Å². The molecule has 3 fully saturated rings. The normalized spacial score (nSPS) is 24.8. The first-order valence-corrected chi connectivity index (χ1v) is 10.5. The van der Waals surface area contributed by atoms with E-state index in [9.17, 15) is 9.59 Å². The molecule has 0 N–H and O–H groups in total. The molecule has 2 amide bonds. The van der Waals surface area contributed by atoms with Gasteiger partial charge >= 0.3 is 0 Å². The van der Waals surface area contributed by atoms with Gasteiger partial charge in [-0.15, -0.1) is 0 Å². The topological polar surface area (TPSA) is 53.1 Å². The second-order valence-corrected chi connectivity index (χ2v) is 8.51. The number of piperidine rings is 1. The first-order valence-electron chi connectivity index (χ1n) is 10.5. The van der Waals surface area contributed by atoms with Crippen molar-refractivity contribution in [3.8, 4) is 0 Å². The third-order valence-corrected chi connectivity index (χ3v) is 6.46. The molecule has 3 heterocycles. The van der Waals surface area contributed by atoms with E-state index in [-0.39, 0.29) is 11.8 Å². The first-order chi connectivity index (χ1) is 13.6. The Balaban J connectivity index is 1.29. The number of hydrogen-bond donors (Lipinski definition) is 0. The van der Waals surface area contributed by atoms with Crippen molar-refractivity contribution in [2.75, 3.05) is 52.9 Å². The molecule has 0 aliphatic carbocycles. The van der Waals surface area contributed by atoms with Crippen LogP contribution in [0.3, 0.4) is 0 Å². The van der Waals surface area contributed by atoms with E-state index in [1.54, 1.807) is 7.11 Å². The number of carbonyl (C=O) groups is 2. The summed E-state index contributed by atoms with van der Waals surface area (Å²) in [6.45, 7) is 6.58. The molecule has 1 aromatic carbocycles. The molecule has 4 rings (SSSR count). The van der Waals surface area contributed by atoms with Crippen LogP contribution in [0.5, 0.6) is 0 Å². The highest BCUT2D eigenvalue weighted by Crippen LogP contribution is 2.31. The number of nitrogens with zero attached hydrogens (tertiary/aromatic N) is 3. The Kier molecular flexibility index (Phi) is 5.97. The Bertz CT molecular complexity index is 719. The van der Waals surface area contributed by atoms with E-state index < -0.39 is 0 Å². The highest BCUT2D eigenvalue weighted by Gasteiger charge is 2.39. The standard InChI is InChI=1S/C22H31N3O3/c1-28-16-18-5-2-4-17(10-18)11-21(26)25-13-19-6-9-23(12-20(19)14-25)15-22(27)24-7-3-8-24/h2,4-5,10,19-20H,3,6-9,11-16H2,1H3/t19-,20+/m0/s1. The van der Waals surface area contributed by atoms with Crippen molar-refractivity contribution >= 4 is 11.8 Å². The highest BCUT2D eigenvalue weighted by atomic mass is 16.5. The fourth-order valence-electron chi connectivity index (χ4n) is 4.73. The van der Waals surface area contributed by atoms with E-state index in [2.05, 4.69) is 11.0 Å². The SMILES string of the molecule is COCc1cccc(CC(=O)N2C[C@H]3CN(CC(=O)N4CCC4)CC[C@H]3C2)c1. The lowest BCUT2D eigenvalue weighted by Crippen LogP contribution is -2.50. The lowest BCUT2D eigenvalue weighted by atomic mass is 9.89. The van der Waals surface area contributed by atoms with Gasteiger partial charge in [-0.05, 0) is 42.3 Å². The average molecular weight is 386 g/mol. The average Bonchev–Trinajstić information content (AvgIpc) is 3.04. The molecule has 0 bridgehead atoms. The zero-order chi connectivity index (χ0) is 19.5. The maximum atomic E-state index is 12.8. The number of likely N-dealkylation sites (tertiary alicyclic amines) is 3. The van der Waals surface area contributed by atoms with E-state index in [1.165, 1.54) is 0 Å². The van der Waals surface area contributed by atoms with Crippen LogP contribution in [0.2, 0.25) is 0 Å². The molecule has 0 radical (unpaired) electrons. The minimum atomic E-state index is 0.215. The first kappa shape index (κ1) is 19.4. The van der Waals surface area contributed by atoms with Crippen molar-refractivity contribution in [3.05, 3.63) is 35.4 Å². The van der Waals surface area contributed by atoms with E-state index in [1.807, 2.05) is 28.0 Å². The summed E-state index contributed by atoms with van der Waals surface area (Å²) in [7, 11) is 1.68. The fourth-order valence-corrected chi connectivity index (χ4v) is 4.73. The van der Waals surface area contributed by atoms with Gasteiger partial charge in [0, 0.05) is 39.8 Å². The Morgan fingerprint density at radius 3 is 2.54 bits per heavy atom. The summed E-state index contributed by atoms with van der Waals surface area (Å²) in [5.74, 6) is 1.57. The number of methoxy groups -OCH3 is 1. The van der Waals surface area contributed by atoms with Crippen LogP contribution in [0.15, 0.2) is 24.3 Å². The Hall–Kier alpha value is -1.92. The zero-order valence-corrected chi connectivity index (χ0v) is 16.8. The molecule has 6 nitrogen and oxygen atoms in total. The number of hydrogen-bond acceptors (Lipinski definition) is 4. The number of amides is 2. The second-order valence-electron chi connectivity index (χ2n) is 8.51. The molecule has 1 aromatic rings. The summed E-state index contributed by atoms with van der Waals surface area (Å²) >= 11 is 0. The van der Waals surface area contributed by atoms with Gasteiger partial charge in [-0.1, -0.05) is 24.3 Å². The zero-order valence-electron chi connectivity index (χ0n) is 16.8. The predicted octanol–water partition coefficient (Wildman–Crippen LogP) is 1.39. The summed E-state index contributed by atoms with van der Waals surface area (Å²) in [6.07, 6.45) is 2.68. The number of ether oxygens (including phenoxy) is 1. The number of fused-ring (bicyclic) bond motifs is 1. The number of carbonyl (C=O) groups excluding carboxylic acids is 2. The van der Waals surface area contributed by atoms with Crippen molar-refractivity contribution in [1.29, 1.82) is 0 Å². The number of benzene rings is 1. The molecule has 0 unspecified atom stereocenters. The Morgan fingerprint density at radius 1 is 1.00 bits per heavy atom. The van der Waals surface area contributed by atoms with Gasteiger partial charge in [0.15, 0.2) is 0 Å². The van der Waals surface area contributed by atoms with Crippen LogP contribution in [-0.2, 0) is 27.4 Å². The molecule has 0 saturated carbocycles. The van der Waals surface area contributed by atoms with Crippen LogP contribution < -0.4 is 0 Å². The molecule has 6 heteroatoms. The van der Waals surface area contributed by atoms with Crippen molar-refractivity contribution in [2.45, 2.75) is 25.9 Å².